The highest BCUT2D eigenvalue weighted by Crippen LogP contribution is 2.30. The minimum absolute atomic E-state index is 0.117. The maximum Gasteiger partial charge on any atom is 0.234 e. The topological polar surface area (TPSA) is 50.2 Å². The van der Waals surface area contributed by atoms with E-state index in [1.807, 2.05) is 17.9 Å². The molecule has 0 aliphatic carbocycles. The molecule has 5 nitrogen and oxygen atoms in total. The zero-order chi connectivity index (χ0) is 15.4. The lowest BCUT2D eigenvalue weighted by Crippen LogP contribution is -2.37. The van der Waals surface area contributed by atoms with Crippen molar-refractivity contribution in [2.45, 2.75) is 25.3 Å². The maximum absolute atomic E-state index is 12.1. The van der Waals surface area contributed by atoms with Crippen LogP contribution in [-0.2, 0) is 18.3 Å². The van der Waals surface area contributed by atoms with Crippen molar-refractivity contribution < 1.29 is 4.79 Å². The first-order chi connectivity index (χ1) is 10.7. The first kappa shape index (κ1) is 15.2. The number of aromatic nitrogens is 2. The van der Waals surface area contributed by atoms with Gasteiger partial charge in [-0.2, -0.15) is 16.4 Å². The molecule has 1 N–H and O–H groups in total. The van der Waals surface area contributed by atoms with E-state index in [0.29, 0.717) is 19.1 Å². The second-order valence-corrected chi connectivity index (χ2v) is 6.59. The van der Waals surface area contributed by atoms with Gasteiger partial charge in [0, 0.05) is 31.4 Å². The van der Waals surface area contributed by atoms with Crippen LogP contribution >= 0.6 is 11.3 Å². The normalized spacial score (nSPS) is 18.7. The predicted molar refractivity (Wildman–Crippen MR) is 87.8 cm³/mol. The Bertz CT molecular complexity index is 607. The van der Waals surface area contributed by atoms with Crippen LogP contribution in [0.25, 0.3) is 0 Å². The molecule has 1 aliphatic rings. The Labute approximate surface area is 134 Å². The van der Waals surface area contributed by atoms with Gasteiger partial charge >= 0.3 is 0 Å². The van der Waals surface area contributed by atoms with Crippen molar-refractivity contribution in [3.8, 4) is 0 Å². The maximum atomic E-state index is 12.1. The lowest BCUT2D eigenvalue weighted by Gasteiger charge is -2.22. The van der Waals surface area contributed by atoms with E-state index in [1.54, 1.807) is 11.3 Å². The predicted octanol–water partition coefficient (Wildman–Crippen LogP) is 1.98. The summed E-state index contributed by atoms with van der Waals surface area (Å²) in [5, 5.41) is 11.5. The van der Waals surface area contributed by atoms with E-state index in [1.165, 1.54) is 11.1 Å². The van der Waals surface area contributed by atoms with Crippen molar-refractivity contribution in [1.29, 1.82) is 0 Å². The molecule has 0 spiro atoms. The van der Waals surface area contributed by atoms with Crippen LogP contribution in [0, 0.1) is 0 Å². The molecule has 1 atom stereocenters. The van der Waals surface area contributed by atoms with E-state index in [-0.39, 0.29) is 5.91 Å². The number of likely N-dealkylation sites (tertiary alicyclic amines) is 1. The zero-order valence-corrected chi connectivity index (χ0v) is 13.7. The molecule has 22 heavy (non-hydrogen) atoms. The van der Waals surface area contributed by atoms with Crippen molar-refractivity contribution in [3.63, 3.8) is 0 Å². The van der Waals surface area contributed by atoms with Gasteiger partial charge in [-0.05, 0) is 48.2 Å². The van der Waals surface area contributed by atoms with Crippen LogP contribution in [0.15, 0.2) is 29.2 Å². The lowest BCUT2D eigenvalue weighted by molar-refractivity contribution is -0.122. The van der Waals surface area contributed by atoms with Crippen LogP contribution in [0.3, 0.4) is 0 Å². The molecule has 1 aliphatic heterocycles. The van der Waals surface area contributed by atoms with Gasteiger partial charge < -0.3 is 5.32 Å². The van der Waals surface area contributed by atoms with E-state index >= 15 is 0 Å². The molecule has 0 aromatic carbocycles. The van der Waals surface area contributed by atoms with E-state index in [9.17, 15) is 4.79 Å². The standard InChI is InChI=1S/C16H22N4OS/c1-19-10-14(9-18-19)15-3-2-7-20(15)11-16(21)17-6-4-13-5-8-22-12-13/h5,8-10,12,15H,2-4,6-7,11H2,1H3,(H,17,21)/t15-/m1/s1. The third kappa shape index (κ3) is 3.75. The number of thiophene rings is 1. The molecule has 1 saturated heterocycles. The third-order valence-corrected chi connectivity index (χ3v) is 4.87. The summed E-state index contributed by atoms with van der Waals surface area (Å²) in [6.07, 6.45) is 7.12. The van der Waals surface area contributed by atoms with Gasteiger partial charge in [-0.15, -0.1) is 0 Å². The third-order valence-electron chi connectivity index (χ3n) is 4.14. The molecule has 2 aromatic rings. The monoisotopic (exact) mass is 318 g/mol. The molecule has 0 unspecified atom stereocenters. The molecule has 6 heteroatoms. The van der Waals surface area contributed by atoms with Crippen LogP contribution in [0.1, 0.15) is 30.0 Å². The molecule has 1 fully saturated rings. The zero-order valence-electron chi connectivity index (χ0n) is 12.9. The van der Waals surface area contributed by atoms with Crippen LogP contribution in [-0.4, -0.2) is 40.2 Å². The Hall–Kier alpha value is -1.66. The molecule has 1 amide bonds. The average molecular weight is 318 g/mol. The lowest BCUT2D eigenvalue weighted by atomic mass is 10.1. The summed E-state index contributed by atoms with van der Waals surface area (Å²) in [5.74, 6) is 0.117. The van der Waals surface area contributed by atoms with Gasteiger partial charge in [-0.25, -0.2) is 0 Å². The van der Waals surface area contributed by atoms with Crippen LogP contribution in [0.2, 0.25) is 0 Å². The summed E-state index contributed by atoms with van der Waals surface area (Å²) in [6, 6.07) is 2.44. The number of carbonyl (C=O) groups excluding carboxylic acids is 1. The van der Waals surface area contributed by atoms with Gasteiger partial charge in [0.05, 0.1) is 12.7 Å². The number of amides is 1. The molecule has 0 saturated carbocycles. The number of rotatable bonds is 6. The molecule has 2 aromatic heterocycles. The number of nitrogens with zero attached hydrogens (tertiary/aromatic N) is 3. The van der Waals surface area contributed by atoms with Crippen LogP contribution in [0.4, 0.5) is 0 Å². The van der Waals surface area contributed by atoms with Gasteiger partial charge in [0.15, 0.2) is 0 Å². The van der Waals surface area contributed by atoms with E-state index in [0.717, 1.165) is 25.8 Å². The van der Waals surface area contributed by atoms with Crippen molar-refractivity contribution in [3.05, 3.63) is 40.3 Å². The quantitative estimate of drug-likeness (QED) is 0.886. The Morgan fingerprint density at radius 3 is 3.18 bits per heavy atom. The number of carbonyl (C=O) groups is 1. The molecular formula is C16H22N4OS. The SMILES string of the molecule is Cn1cc([C@H]2CCCN2CC(=O)NCCc2ccsc2)cn1. The van der Waals surface area contributed by atoms with Crippen molar-refractivity contribution in [1.82, 2.24) is 20.0 Å². The number of hydrogen-bond donors (Lipinski definition) is 1. The fourth-order valence-corrected chi connectivity index (χ4v) is 3.73. The first-order valence-electron chi connectivity index (χ1n) is 7.73. The molecule has 3 heterocycles. The first-order valence-corrected chi connectivity index (χ1v) is 8.67. The summed E-state index contributed by atoms with van der Waals surface area (Å²) < 4.78 is 1.83. The van der Waals surface area contributed by atoms with E-state index < -0.39 is 0 Å². The van der Waals surface area contributed by atoms with Gasteiger partial charge in [-0.1, -0.05) is 0 Å². The Balaban J connectivity index is 1.47. The highest BCUT2D eigenvalue weighted by atomic mass is 32.1. The van der Waals surface area contributed by atoms with E-state index in [4.69, 9.17) is 0 Å². The smallest absolute Gasteiger partial charge is 0.234 e. The Morgan fingerprint density at radius 2 is 2.45 bits per heavy atom. The molecule has 118 valence electrons. The minimum atomic E-state index is 0.117. The Kier molecular flexibility index (Phi) is 4.90. The fourth-order valence-electron chi connectivity index (χ4n) is 3.03. The van der Waals surface area contributed by atoms with Crippen molar-refractivity contribution in [2.75, 3.05) is 19.6 Å². The summed E-state index contributed by atoms with van der Waals surface area (Å²) in [6.45, 7) is 2.17. The number of aryl methyl sites for hydroxylation is 1. The van der Waals surface area contributed by atoms with Gasteiger partial charge in [0.25, 0.3) is 0 Å². The number of nitrogens with one attached hydrogen (secondary N) is 1. The largest absolute Gasteiger partial charge is 0.355 e. The molecular weight excluding hydrogens is 296 g/mol. The fraction of sp³-hybridized carbons (Fsp3) is 0.500. The summed E-state index contributed by atoms with van der Waals surface area (Å²) in [7, 11) is 1.93. The second kappa shape index (κ2) is 7.07. The highest BCUT2D eigenvalue weighted by Gasteiger charge is 2.28. The van der Waals surface area contributed by atoms with Crippen molar-refractivity contribution in [2.24, 2.45) is 7.05 Å². The summed E-state index contributed by atoms with van der Waals surface area (Å²) in [4.78, 5) is 14.4. The van der Waals surface area contributed by atoms with Crippen LogP contribution in [0.5, 0.6) is 0 Å². The van der Waals surface area contributed by atoms with E-state index in [2.05, 4.69) is 38.3 Å². The second-order valence-electron chi connectivity index (χ2n) is 5.81. The van der Waals surface area contributed by atoms with Gasteiger partial charge in [0.2, 0.25) is 5.91 Å². The molecule has 0 bridgehead atoms. The average Bonchev–Trinajstić information content (AvgIpc) is 3.20. The highest BCUT2D eigenvalue weighted by molar-refractivity contribution is 7.07. The summed E-state index contributed by atoms with van der Waals surface area (Å²) >= 11 is 1.70. The molecule has 3 rings (SSSR count). The van der Waals surface area contributed by atoms with Gasteiger partial charge in [0.1, 0.15) is 0 Å². The minimum Gasteiger partial charge on any atom is -0.355 e. The van der Waals surface area contributed by atoms with Crippen LogP contribution < -0.4 is 5.32 Å². The molecule has 0 radical (unpaired) electrons. The number of hydrogen-bond acceptors (Lipinski definition) is 4. The van der Waals surface area contributed by atoms with Gasteiger partial charge in [-0.3, -0.25) is 14.4 Å². The Morgan fingerprint density at radius 1 is 1.55 bits per heavy atom. The van der Waals surface area contributed by atoms with Crippen molar-refractivity contribution >= 4 is 17.2 Å². The summed E-state index contributed by atoms with van der Waals surface area (Å²) in [5.41, 5.74) is 2.51.